The predicted molar refractivity (Wildman–Crippen MR) is 108 cm³/mol. The maximum Gasteiger partial charge on any atom is 0.519 e. The van der Waals surface area contributed by atoms with Gasteiger partial charge >= 0.3 is 11.8 Å². The molecule has 2 aliphatic rings. The molecule has 32 heavy (non-hydrogen) atoms. The topological polar surface area (TPSA) is 129 Å². The third-order valence-electron chi connectivity index (χ3n) is 6.09. The van der Waals surface area contributed by atoms with Crippen LogP contribution in [0.5, 0.6) is 5.88 Å². The van der Waals surface area contributed by atoms with Crippen molar-refractivity contribution in [2.75, 3.05) is 13.7 Å². The van der Waals surface area contributed by atoms with Crippen LogP contribution < -0.4 is 10.6 Å². The molecule has 3 heterocycles. The smallest absolute Gasteiger partial charge is 0.481 e. The Labute approximate surface area is 183 Å². The minimum absolute atomic E-state index is 0.0339. The Hall–Kier alpha value is -3.43. The van der Waals surface area contributed by atoms with Crippen molar-refractivity contribution in [1.82, 2.24) is 9.88 Å². The van der Waals surface area contributed by atoms with Crippen molar-refractivity contribution in [3.8, 4) is 5.88 Å². The van der Waals surface area contributed by atoms with E-state index in [-0.39, 0.29) is 42.3 Å². The number of fused-ring (bicyclic) bond motifs is 1. The standard InChI is InChI=1S/C22H24N2O8/c1-12-18(32-22(28)31-12)11-30-20(26)9-13-7-14(8-13)21(27)24-6-5-16-15(17(24)10-25)3-4-19(23-16)29-2/h3-4,10,13-14,17H,5-9,11H2,1-2H3/t13?,14?,17-/m0/s1. The van der Waals surface area contributed by atoms with E-state index in [1.807, 2.05) is 0 Å². The fourth-order valence-corrected chi connectivity index (χ4v) is 4.29. The Balaban J connectivity index is 1.29. The lowest BCUT2D eigenvalue weighted by Gasteiger charge is -2.41. The number of aryl methyl sites for hydroxylation is 1. The number of amides is 1. The summed E-state index contributed by atoms with van der Waals surface area (Å²) in [6, 6.07) is 2.80. The zero-order chi connectivity index (χ0) is 22.8. The minimum Gasteiger partial charge on any atom is -0.481 e. The highest BCUT2D eigenvalue weighted by atomic mass is 16.6. The quantitative estimate of drug-likeness (QED) is 0.463. The molecule has 0 spiro atoms. The molecule has 1 aliphatic heterocycles. The van der Waals surface area contributed by atoms with Crippen LogP contribution in [0.3, 0.4) is 0 Å². The molecule has 0 saturated heterocycles. The molecule has 1 amide bonds. The molecule has 170 valence electrons. The molecule has 2 aromatic heterocycles. The predicted octanol–water partition coefficient (Wildman–Crippen LogP) is 1.73. The number of nitrogens with zero attached hydrogens (tertiary/aromatic N) is 2. The van der Waals surface area contributed by atoms with Gasteiger partial charge in [-0.2, -0.15) is 0 Å². The average molecular weight is 444 g/mol. The zero-order valence-corrected chi connectivity index (χ0v) is 17.9. The Kier molecular flexibility index (Phi) is 6.11. The highest BCUT2D eigenvalue weighted by Gasteiger charge is 2.41. The van der Waals surface area contributed by atoms with Crippen molar-refractivity contribution < 1.29 is 32.7 Å². The van der Waals surface area contributed by atoms with Crippen molar-refractivity contribution in [1.29, 1.82) is 0 Å². The van der Waals surface area contributed by atoms with Crippen LogP contribution >= 0.6 is 0 Å². The van der Waals surface area contributed by atoms with E-state index in [2.05, 4.69) is 4.98 Å². The number of hydrogen-bond acceptors (Lipinski definition) is 9. The molecule has 0 unspecified atom stereocenters. The first-order valence-electron chi connectivity index (χ1n) is 10.4. The fourth-order valence-electron chi connectivity index (χ4n) is 4.29. The van der Waals surface area contributed by atoms with Gasteiger partial charge in [0.15, 0.2) is 18.1 Å². The average Bonchev–Trinajstić information content (AvgIpc) is 3.09. The van der Waals surface area contributed by atoms with Crippen LogP contribution in [0.25, 0.3) is 0 Å². The van der Waals surface area contributed by atoms with Crippen molar-refractivity contribution in [3.05, 3.63) is 45.5 Å². The zero-order valence-electron chi connectivity index (χ0n) is 17.9. The number of pyridine rings is 1. The number of carbonyl (C=O) groups is 3. The molecule has 1 aliphatic carbocycles. The lowest BCUT2D eigenvalue weighted by molar-refractivity contribution is -0.151. The summed E-state index contributed by atoms with van der Waals surface area (Å²) in [5.74, 6) is -0.597. The number of methoxy groups -OCH3 is 1. The highest BCUT2D eigenvalue weighted by Crippen LogP contribution is 2.40. The maximum atomic E-state index is 13.0. The third-order valence-corrected chi connectivity index (χ3v) is 6.09. The van der Waals surface area contributed by atoms with Crippen molar-refractivity contribution in [2.45, 2.75) is 45.3 Å². The number of rotatable bonds is 7. The van der Waals surface area contributed by atoms with Crippen molar-refractivity contribution >= 4 is 18.2 Å². The molecular formula is C22H24N2O8. The summed E-state index contributed by atoms with van der Waals surface area (Å²) in [7, 11) is 1.53. The van der Waals surface area contributed by atoms with E-state index in [1.54, 1.807) is 24.0 Å². The number of ether oxygens (including phenoxy) is 2. The van der Waals surface area contributed by atoms with Gasteiger partial charge in [-0.3, -0.25) is 9.59 Å². The van der Waals surface area contributed by atoms with Gasteiger partial charge in [-0.25, -0.2) is 9.78 Å². The molecule has 1 fully saturated rings. The van der Waals surface area contributed by atoms with E-state index in [9.17, 15) is 19.2 Å². The van der Waals surface area contributed by atoms with Gasteiger partial charge in [-0.1, -0.05) is 0 Å². The SMILES string of the molecule is COc1ccc2c(n1)CCN(C(=O)C1CC(CC(=O)OCc3oc(=O)oc3C)C1)[C@H]2C=O. The van der Waals surface area contributed by atoms with Crippen LogP contribution in [0.1, 0.15) is 48.1 Å². The lowest BCUT2D eigenvalue weighted by atomic mass is 9.72. The Morgan fingerprint density at radius 2 is 2.06 bits per heavy atom. The van der Waals surface area contributed by atoms with Gasteiger partial charge in [0.05, 0.1) is 12.8 Å². The summed E-state index contributed by atoms with van der Waals surface area (Å²) in [5, 5.41) is 0. The van der Waals surface area contributed by atoms with Crippen LogP contribution in [-0.2, 0) is 32.1 Å². The van der Waals surface area contributed by atoms with Gasteiger partial charge in [0.2, 0.25) is 11.8 Å². The van der Waals surface area contributed by atoms with Crippen molar-refractivity contribution in [2.24, 2.45) is 11.8 Å². The molecule has 10 heteroatoms. The van der Waals surface area contributed by atoms with E-state index >= 15 is 0 Å². The van der Waals surface area contributed by atoms with Crippen LogP contribution in [0.4, 0.5) is 0 Å². The second-order valence-corrected chi connectivity index (χ2v) is 8.08. The number of carbonyl (C=O) groups excluding carboxylic acids is 3. The van der Waals surface area contributed by atoms with E-state index in [1.165, 1.54) is 7.11 Å². The van der Waals surface area contributed by atoms with Crippen LogP contribution in [0.2, 0.25) is 0 Å². The fraction of sp³-hybridized carbons (Fsp3) is 0.500. The van der Waals surface area contributed by atoms with Gasteiger partial charge in [0.25, 0.3) is 0 Å². The molecule has 10 nitrogen and oxygen atoms in total. The Bertz CT molecular complexity index is 1080. The summed E-state index contributed by atoms with van der Waals surface area (Å²) in [4.78, 5) is 53.9. The molecular weight excluding hydrogens is 420 g/mol. The summed E-state index contributed by atoms with van der Waals surface area (Å²) in [5.41, 5.74) is 1.49. The van der Waals surface area contributed by atoms with E-state index in [0.717, 1.165) is 17.5 Å². The second kappa shape index (κ2) is 8.97. The lowest BCUT2D eigenvalue weighted by Crippen LogP contribution is -2.47. The third kappa shape index (κ3) is 4.30. The monoisotopic (exact) mass is 444 g/mol. The molecule has 2 aromatic rings. The highest BCUT2D eigenvalue weighted by molar-refractivity contribution is 5.84. The van der Waals surface area contributed by atoms with Crippen LogP contribution in [-0.4, -0.2) is 41.7 Å². The van der Waals surface area contributed by atoms with Gasteiger partial charge in [0.1, 0.15) is 12.3 Å². The first kappa shape index (κ1) is 21.8. The molecule has 0 N–H and O–H groups in total. The second-order valence-electron chi connectivity index (χ2n) is 8.08. The van der Waals surface area contributed by atoms with Crippen molar-refractivity contribution in [3.63, 3.8) is 0 Å². The Morgan fingerprint density at radius 3 is 2.72 bits per heavy atom. The summed E-state index contributed by atoms with van der Waals surface area (Å²) in [6.45, 7) is 1.79. The van der Waals surface area contributed by atoms with Crippen LogP contribution in [0.15, 0.2) is 25.8 Å². The molecule has 0 bridgehead atoms. The molecule has 0 aromatic carbocycles. The molecule has 0 radical (unpaired) electrons. The molecule has 1 saturated carbocycles. The molecule has 4 rings (SSSR count). The summed E-state index contributed by atoms with van der Waals surface area (Å²) in [6.07, 6.45) is 2.62. The van der Waals surface area contributed by atoms with Gasteiger partial charge in [0, 0.05) is 36.9 Å². The normalized spacial score (nSPS) is 21.9. The maximum absolute atomic E-state index is 13.0. The van der Waals surface area contributed by atoms with Gasteiger partial charge in [-0.15, -0.1) is 0 Å². The summed E-state index contributed by atoms with van der Waals surface area (Å²) < 4.78 is 19.8. The van der Waals surface area contributed by atoms with Gasteiger partial charge in [-0.05, 0) is 31.7 Å². The Morgan fingerprint density at radius 1 is 1.28 bits per heavy atom. The number of esters is 1. The molecule has 1 atom stereocenters. The van der Waals surface area contributed by atoms with E-state index in [0.29, 0.717) is 31.7 Å². The number of hydrogen-bond donors (Lipinski definition) is 0. The number of aromatic nitrogens is 1. The number of aldehydes is 1. The summed E-state index contributed by atoms with van der Waals surface area (Å²) >= 11 is 0. The largest absolute Gasteiger partial charge is 0.519 e. The first-order valence-corrected chi connectivity index (χ1v) is 10.4. The first-order chi connectivity index (χ1) is 15.4. The van der Waals surface area contributed by atoms with E-state index in [4.69, 9.17) is 18.3 Å². The van der Waals surface area contributed by atoms with E-state index < -0.39 is 17.8 Å². The van der Waals surface area contributed by atoms with Gasteiger partial charge < -0.3 is 28.0 Å². The van der Waals surface area contributed by atoms with Crippen LogP contribution in [0, 0.1) is 18.8 Å². The minimum atomic E-state index is -0.835.